The molecule has 0 amide bonds. The number of nitrogens with one attached hydrogen (secondary N) is 1. The molecule has 2 aliphatic rings. The van der Waals surface area contributed by atoms with Gasteiger partial charge in [0.05, 0.1) is 0 Å². The molecule has 1 N–H and O–H groups in total. The first-order chi connectivity index (χ1) is 7.93. The van der Waals surface area contributed by atoms with Gasteiger partial charge in [-0.1, -0.05) is 24.3 Å². The predicted molar refractivity (Wildman–Crippen MR) is 64.7 cm³/mol. The van der Waals surface area contributed by atoms with Crippen LogP contribution < -0.4 is 5.32 Å². The summed E-state index contributed by atoms with van der Waals surface area (Å²) in [6, 6.07) is 9.50. The van der Waals surface area contributed by atoms with Crippen molar-refractivity contribution >= 4 is 0 Å². The smallest absolute Gasteiger partial charge is 0.0480 e. The lowest BCUT2D eigenvalue weighted by Crippen LogP contribution is -2.39. The summed E-state index contributed by atoms with van der Waals surface area (Å²) in [7, 11) is 0. The van der Waals surface area contributed by atoms with Crippen LogP contribution in [0.1, 0.15) is 29.9 Å². The molecule has 1 aliphatic heterocycles. The Labute approximate surface area is 97.0 Å². The van der Waals surface area contributed by atoms with E-state index in [4.69, 9.17) is 4.74 Å². The van der Waals surface area contributed by atoms with Gasteiger partial charge in [-0.2, -0.15) is 0 Å². The third kappa shape index (κ3) is 2.00. The molecule has 2 heteroatoms. The van der Waals surface area contributed by atoms with Crippen LogP contribution in [-0.2, 0) is 11.2 Å². The Bertz CT molecular complexity index is 358. The Hall–Kier alpha value is -0.860. The van der Waals surface area contributed by atoms with E-state index in [-0.39, 0.29) is 0 Å². The van der Waals surface area contributed by atoms with Crippen molar-refractivity contribution < 1.29 is 4.74 Å². The molecule has 0 saturated carbocycles. The van der Waals surface area contributed by atoms with Gasteiger partial charge in [0.15, 0.2) is 0 Å². The van der Waals surface area contributed by atoms with Crippen LogP contribution in [0.3, 0.4) is 0 Å². The van der Waals surface area contributed by atoms with E-state index in [1.165, 1.54) is 19.3 Å². The lowest BCUT2D eigenvalue weighted by atomic mass is 9.77. The van der Waals surface area contributed by atoms with Crippen molar-refractivity contribution in [3.05, 3.63) is 35.4 Å². The largest absolute Gasteiger partial charge is 0.381 e. The number of rotatable bonds is 3. The van der Waals surface area contributed by atoms with Crippen molar-refractivity contribution in [2.24, 2.45) is 0 Å². The molecule has 1 atom stereocenters. The zero-order valence-electron chi connectivity index (χ0n) is 9.61. The van der Waals surface area contributed by atoms with Crippen LogP contribution in [0.2, 0.25) is 0 Å². The van der Waals surface area contributed by atoms with E-state index in [0.717, 1.165) is 25.7 Å². The monoisotopic (exact) mass is 217 g/mol. The van der Waals surface area contributed by atoms with Crippen LogP contribution in [0.5, 0.6) is 0 Å². The molecule has 0 aromatic heterocycles. The van der Waals surface area contributed by atoms with E-state index in [2.05, 4.69) is 29.6 Å². The Balaban J connectivity index is 1.50. The summed E-state index contributed by atoms with van der Waals surface area (Å²) in [5.74, 6) is 0.749. The van der Waals surface area contributed by atoms with Gasteiger partial charge in [0.25, 0.3) is 0 Å². The van der Waals surface area contributed by atoms with Crippen LogP contribution in [-0.4, -0.2) is 25.8 Å². The molecule has 3 rings (SSSR count). The zero-order valence-corrected chi connectivity index (χ0v) is 9.61. The fourth-order valence-electron chi connectivity index (χ4n) is 2.76. The first-order valence-electron chi connectivity index (χ1n) is 6.32. The molecule has 1 fully saturated rings. The van der Waals surface area contributed by atoms with E-state index < -0.39 is 0 Å². The zero-order chi connectivity index (χ0) is 10.8. The van der Waals surface area contributed by atoms with Gasteiger partial charge in [0.2, 0.25) is 0 Å². The maximum atomic E-state index is 5.36. The molecule has 1 aromatic rings. The van der Waals surface area contributed by atoms with Gasteiger partial charge in [-0.15, -0.1) is 0 Å². The number of benzene rings is 1. The molecule has 0 spiro atoms. The SMILES string of the molecule is c1ccc2c(c1)CC2CNC1CCOCC1. The molecule has 86 valence electrons. The number of ether oxygens (including phenoxy) is 1. The highest BCUT2D eigenvalue weighted by Gasteiger charge is 2.25. The number of hydrogen-bond acceptors (Lipinski definition) is 2. The maximum absolute atomic E-state index is 5.36. The average Bonchev–Trinajstić information content (AvgIpc) is 2.32. The summed E-state index contributed by atoms with van der Waals surface area (Å²) in [4.78, 5) is 0. The van der Waals surface area contributed by atoms with Crippen LogP contribution >= 0.6 is 0 Å². The van der Waals surface area contributed by atoms with Crippen LogP contribution in [0.4, 0.5) is 0 Å². The summed E-state index contributed by atoms with van der Waals surface area (Å²) in [5, 5.41) is 3.68. The topological polar surface area (TPSA) is 21.3 Å². The van der Waals surface area contributed by atoms with Crippen LogP contribution in [0.15, 0.2) is 24.3 Å². The summed E-state index contributed by atoms with van der Waals surface area (Å²) in [6.45, 7) is 3.00. The Kier molecular flexibility index (Phi) is 2.94. The molecule has 16 heavy (non-hydrogen) atoms. The minimum Gasteiger partial charge on any atom is -0.381 e. The van der Waals surface area contributed by atoms with Crippen molar-refractivity contribution in [2.75, 3.05) is 19.8 Å². The fourth-order valence-corrected chi connectivity index (χ4v) is 2.76. The number of fused-ring (bicyclic) bond motifs is 1. The minimum absolute atomic E-state index is 0.682. The first-order valence-corrected chi connectivity index (χ1v) is 6.32. The third-order valence-corrected chi connectivity index (χ3v) is 3.84. The molecular formula is C14H19NO. The maximum Gasteiger partial charge on any atom is 0.0480 e. The van der Waals surface area contributed by atoms with Crippen molar-refractivity contribution in [1.29, 1.82) is 0 Å². The minimum atomic E-state index is 0.682. The normalized spacial score (nSPS) is 24.9. The Morgan fingerprint density at radius 1 is 1.19 bits per heavy atom. The van der Waals surface area contributed by atoms with Crippen molar-refractivity contribution in [3.63, 3.8) is 0 Å². The molecule has 0 bridgehead atoms. The third-order valence-electron chi connectivity index (χ3n) is 3.84. The van der Waals surface area contributed by atoms with Gasteiger partial charge < -0.3 is 10.1 Å². The highest BCUT2D eigenvalue weighted by Crippen LogP contribution is 2.34. The second kappa shape index (κ2) is 4.56. The molecule has 0 radical (unpaired) electrons. The summed E-state index contributed by atoms with van der Waals surface area (Å²) in [5.41, 5.74) is 3.10. The van der Waals surface area contributed by atoms with E-state index in [9.17, 15) is 0 Å². The lowest BCUT2D eigenvalue weighted by Gasteiger charge is -2.32. The molecule has 1 heterocycles. The quantitative estimate of drug-likeness (QED) is 0.837. The predicted octanol–water partition coefficient (Wildman–Crippen LogP) is 2.09. The van der Waals surface area contributed by atoms with Crippen LogP contribution in [0.25, 0.3) is 0 Å². The van der Waals surface area contributed by atoms with Crippen molar-refractivity contribution in [2.45, 2.75) is 31.2 Å². The van der Waals surface area contributed by atoms with Crippen molar-refractivity contribution in [3.8, 4) is 0 Å². The first kappa shape index (κ1) is 10.3. The molecule has 1 aromatic carbocycles. The Morgan fingerprint density at radius 2 is 2.00 bits per heavy atom. The summed E-state index contributed by atoms with van der Waals surface area (Å²) in [6.07, 6.45) is 3.61. The summed E-state index contributed by atoms with van der Waals surface area (Å²) >= 11 is 0. The van der Waals surface area contributed by atoms with E-state index in [0.29, 0.717) is 6.04 Å². The van der Waals surface area contributed by atoms with Crippen molar-refractivity contribution in [1.82, 2.24) is 5.32 Å². The van der Waals surface area contributed by atoms with E-state index in [1.807, 2.05) is 0 Å². The van der Waals surface area contributed by atoms with Gasteiger partial charge in [-0.25, -0.2) is 0 Å². The number of hydrogen-bond donors (Lipinski definition) is 1. The standard InChI is InChI=1S/C14H19NO/c1-2-4-14-11(3-1)9-12(14)10-15-13-5-7-16-8-6-13/h1-4,12-13,15H,5-10H2. The van der Waals surface area contributed by atoms with Crippen LogP contribution in [0, 0.1) is 0 Å². The fraction of sp³-hybridized carbons (Fsp3) is 0.571. The molecule has 1 aliphatic carbocycles. The van der Waals surface area contributed by atoms with Gasteiger partial charge >= 0.3 is 0 Å². The molecular weight excluding hydrogens is 198 g/mol. The Morgan fingerprint density at radius 3 is 2.81 bits per heavy atom. The molecule has 1 saturated heterocycles. The highest BCUT2D eigenvalue weighted by molar-refractivity contribution is 5.40. The van der Waals surface area contributed by atoms with Gasteiger partial charge in [0.1, 0.15) is 0 Å². The second-order valence-corrected chi connectivity index (χ2v) is 4.89. The van der Waals surface area contributed by atoms with Gasteiger partial charge in [0, 0.05) is 31.7 Å². The van der Waals surface area contributed by atoms with E-state index in [1.54, 1.807) is 11.1 Å². The molecule has 2 nitrogen and oxygen atoms in total. The average molecular weight is 217 g/mol. The van der Waals surface area contributed by atoms with Gasteiger partial charge in [-0.05, 0) is 30.4 Å². The summed E-state index contributed by atoms with van der Waals surface area (Å²) < 4.78 is 5.36. The van der Waals surface area contributed by atoms with E-state index >= 15 is 0 Å². The molecule has 1 unspecified atom stereocenters. The second-order valence-electron chi connectivity index (χ2n) is 4.89. The lowest BCUT2D eigenvalue weighted by molar-refractivity contribution is 0.0775. The van der Waals surface area contributed by atoms with Gasteiger partial charge in [-0.3, -0.25) is 0 Å². The highest BCUT2D eigenvalue weighted by atomic mass is 16.5.